The molecule has 0 spiro atoms. The lowest BCUT2D eigenvalue weighted by atomic mass is 9.91. The number of nitro groups is 1. The van der Waals surface area contributed by atoms with E-state index in [-0.39, 0.29) is 10.6 Å². The van der Waals surface area contributed by atoms with Crippen LogP contribution < -0.4 is 0 Å². The summed E-state index contributed by atoms with van der Waals surface area (Å²) in [6.07, 6.45) is 2.44. The van der Waals surface area contributed by atoms with Crippen LogP contribution in [0.5, 0.6) is 0 Å². The van der Waals surface area contributed by atoms with E-state index >= 15 is 0 Å². The zero-order chi connectivity index (χ0) is 12.3. The quantitative estimate of drug-likeness (QED) is 0.365. The molecule has 17 heavy (non-hydrogen) atoms. The highest BCUT2D eigenvalue weighted by molar-refractivity contribution is 14.1. The molecule has 2 atom stereocenters. The van der Waals surface area contributed by atoms with Crippen LogP contribution in [0.25, 0.3) is 0 Å². The number of halogens is 1. The van der Waals surface area contributed by atoms with Crippen molar-refractivity contribution in [3.8, 4) is 0 Å². The molecule has 0 aliphatic carbocycles. The molecule has 1 saturated heterocycles. The maximum Gasteiger partial charge on any atom is 0.269 e. The summed E-state index contributed by atoms with van der Waals surface area (Å²) < 4.78 is 6.73. The Morgan fingerprint density at radius 1 is 1.47 bits per heavy atom. The zero-order valence-electron chi connectivity index (χ0n) is 9.34. The number of ether oxygens (including phenoxy) is 1. The molecule has 1 aromatic rings. The van der Waals surface area contributed by atoms with E-state index in [1.54, 1.807) is 12.1 Å². The van der Waals surface area contributed by atoms with Crippen LogP contribution in [0.3, 0.4) is 0 Å². The summed E-state index contributed by atoms with van der Waals surface area (Å²) in [6.45, 7) is 0.675. The summed E-state index contributed by atoms with van der Waals surface area (Å²) >= 11 is 2.33. The Balaban J connectivity index is 2.08. The summed E-state index contributed by atoms with van der Waals surface area (Å²) in [5.41, 5.74) is 1.18. The van der Waals surface area contributed by atoms with Crippen molar-refractivity contribution in [1.29, 1.82) is 0 Å². The minimum atomic E-state index is -0.346. The summed E-state index contributed by atoms with van der Waals surface area (Å²) in [5, 5.41) is 10.7. The summed E-state index contributed by atoms with van der Waals surface area (Å²) in [5.74, 6) is 0.300. The fraction of sp³-hybridized carbons (Fsp3) is 0.500. The Morgan fingerprint density at radius 3 is 2.88 bits per heavy atom. The normalized spacial score (nSPS) is 24.5. The van der Waals surface area contributed by atoms with Gasteiger partial charge in [-0.3, -0.25) is 10.1 Å². The van der Waals surface area contributed by atoms with Crippen LogP contribution in [-0.4, -0.2) is 22.1 Å². The van der Waals surface area contributed by atoms with E-state index in [2.05, 4.69) is 22.6 Å². The molecule has 0 aromatic heterocycles. The van der Waals surface area contributed by atoms with Gasteiger partial charge in [-0.1, -0.05) is 34.7 Å². The Morgan fingerprint density at radius 2 is 2.29 bits per heavy atom. The fourth-order valence-corrected chi connectivity index (χ4v) is 2.78. The highest BCUT2D eigenvalue weighted by Crippen LogP contribution is 2.30. The molecule has 1 fully saturated rings. The fourth-order valence-electron chi connectivity index (χ4n) is 2.08. The lowest BCUT2D eigenvalue weighted by molar-refractivity contribution is -0.384. The average molecular weight is 347 g/mol. The van der Waals surface area contributed by atoms with Crippen LogP contribution in [0.15, 0.2) is 24.3 Å². The van der Waals surface area contributed by atoms with Gasteiger partial charge in [0, 0.05) is 22.5 Å². The van der Waals surface area contributed by atoms with Crippen molar-refractivity contribution in [2.24, 2.45) is 0 Å². The molecule has 0 unspecified atom stereocenters. The third-order valence-electron chi connectivity index (χ3n) is 3.09. The van der Waals surface area contributed by atoms with Crippen LogP contribution in [-0.2, 0) is 4.74 Å². The van der Waals surface area contributed by atoms with Gasteiger partial charge in [0.25, 0.3) is 5.69 Å². The molecule has 0 amide bonds. The summed E-state index contributed by atoms with van der Waals surface area (Å²) in [4.78, 5) is 10.4. The van der Waals surface area contributed by atoms with Gasteiger partial charge in [-0.2, -0.15) is 0 Å². The molecule has 5 heteroatoms. The van der Waals surface area contributed by atoms with E-state index in [9.17, 15) is 10.1 Å². The first-order valence-electron chi connectivity index (χ1n) is 5.62. The topological polar surface area (TPSA) is 52.4 Å². The molecule has 2 rings (SSSR count). The number of rotatable bonds is 3. The van der Waals surface area contributed by atoms with Crippen molar-refractivity contribution in [1.82, 2.24) is 0 Å². The Bertz CT molecular complexity index is 402. The van der Waals surface area contributed by atoms with Gasteiger partial charge in [-0.05, 0) is 18.4 Å². The van der Waals surface area contributed by atoms with E-state index in [0.29, 0.717) is 18.6 Å². The molecule has 1 aromatic carbocycles. The smallest absolute Gasteiger partial charge is 0.269 e. The second-order valence-electron chi connectivity index (χ2n) is 4.24. The third kappa shape index (κ3) is 3.16. The van der Waals surface area contributed by atoms with Crippen LogP contribution in [0.4, 0.5) is 5.69 Å². The van der Waals surface area contributed by atoms with E-state index < -0.39 is 0 Å². The number of alkyl halides is 1. The maximum atomic E-state index is 10.7. The molecule has 1 heterocycles. The maximum absolute atomic E-state index is 10.7. The minimum Gasteiger partial charge on any atom is -0.377 e. The van der Waals surface area contributed by atoms with Gasteiger partial charge in [0.1, 0.15) is 0 Å². The number of benzene rings is 1. The number of non-ortho nitro benzene ring substituents is 1. The highest BCUT2D eigenvalue weighted by Gasteiger charge is 2.23. The van der Waals surface area contributed by atoms with Crippen LogP contribution in [0.2, 0.25) is 0 Å². The van der Waals surface area contributed by atoms with Crippen molar-refractivity contribution in [2.45, 2.75) is 24.9 Å². The van der Waals surface area contributed by atoms with Gasteiger partial charge in [0.2, 0.25) is 0 Å². The van der Waals surface area contributed by atoms with E-state index in [4.69, 9.17) is 4.74 Å². The number of hydrogen-bond donors (Lipinski definition) is 0. The Kier molecular flexibility index (Phi) is 4.33. The van der Waals surface area contributed by atoms with Crippen molar-refractivity contribution >= 4 is 28.3 Å². The Hall–Kier alpha value is -0.690. The molecule has 92 valence electrons. The summed E-state index contributed by atoms with van der Waals surface area (Å²) in [6, 6.07) is 6.89. The molecular weight excluding hydrogens is 333 g/mol. The predicted octanol–water partition coefficient (Wildman–Crippen LogP) is 3.29. The van der Waals surface area contributed by atoms with Gasteiger partial charge in [0.15, 0.2) is 0 Å². The molecule has 0 radical (unpaired) electrons. The molecular formula is C12H14INO3. The molecule has 1 aliphatic rings. The second-order valence-corrected chi connectivity index (χ2v) is 5.12. The van der Waals surface area contributed by atoms with Gasteiger partial charge in [-0.25, -0.2) is 0 Å². The minimum absolute atomic E-state index is 0.165. The third-order valence-corrected chi connectivity index (χ3v) is 4.08. The molecule has 0 bridgehead atoms. The molecule has 0 saturated carbocycles. The largest absolute Gasteiger partial charge is 0.377 e. The average Bonchev–Trinajstić information content (AvgIpc) is 2.39. The lowest BCUT2D eigenvalue weighted by Gasteiger charge is -2.28. The predicted molar refractivity (Wildman–Crippen MR) is 73.7 cm³/mol. The first-order chi connectivity index (χ1) is 8.20. The second kappa shape index (κ2) is 5.77. The first-order valence-corrected chi connectivity index (χ1v) is 7.15. The molecule has 1 aliphatic heterocycles. The monoisotopic (exact) mass is 347 g/mol. The van der Waals surface area contributed by atoms with E-state index in [1.165, 1.54) is 6.07 Å². The van der Waals surface area contributed by atoms with Crippen molar-refractivity contribution in [3.63, 3.8) is 0 Å². The molecule has 4 nitrogen and oxygen atoms in total. The van der Waals surface area contributed by atoms with E-state index in [0.717, 1.165) is 22.8 Å². The van der Waals surface area contributed by atoms with Gasteiger partial charge in [-0.15, -0.1) is 0 Å². The van der Waals surface area contributed by atoms with Crippen LogP contribution in [0, 0.1) is 10.1 Å². The molecule has 0 N–H and O–H groups in total. The van der Waals surface area contributed by atoms with Crippen molar-refractivity contribution in [2.75, 3.05) is 11.0 Å². The first kappa shape index (κ1) is 12.8. The van der Waals surface area contributed by atoms with Crippen molar-refractivity contribution in [3.05, 3.63) is 39.9 Å². The van der Waals surface area contributed by atoms with Gasteiger partial charge >= 0.3 is 0 Å². The highest BCUT2D eigenvalue weighted by atomic mass is 127. The van der Waals surface area contributed by atoms with E-state index in [1.807, 2.05) is 6.07 Å². The summed E-state index contributed by atoms with van der Waals surface area (Å²) in [7, 11) is 0. The Labute approximate surface area is 114 Å². The van der Waals surface area contributed by atoms with Crippen LogP contribution >= 0.6 is 22.6 Å². The standard InChI is InChI=1S/C12H14INO3/c13-7-12-5-4-10(8-17-12)9-2-1-3-11(6-9)14(15)16/h1-3,6,10,12H,4-5,7-8H2/t10-,12-/m0/s1. The van der Waals surface area contributed by atoms with Crippen molar-refractivity contribution < 1.29 is 9.66 Å². The van der Waals surface area contributed by atoms with Crippen LogP contribution in [0.1, 0.15) is 24.3 Å². The number of hydrogen-bond acceptors (Lipinski definition) is 3. The van der Waals surface area contributed by atoms with Gasteiger partial charge < -0.3 is 4.74 Å². The SMILES string of the molecule is O=[N+]([O-])c1cccc([C@H]2CC[C@@H](CI)OC2)c1. The van der Waals surface area contributed by atoms with Gasteiger partial charge in [0.05, 0.1) is 17.6 Å². The lowest BCUT2D eigenvalue weighted by Crippen LogP contribution is -2.25. The zero-order valence-corrected chi connectivity index (χ0v) is 11.5. The number of nitro benzene ring substituents is 1. The number of nitrogens with zero attached hydrogens (tertiary/aromatic N) is 1.